The molecule has 1 N–H and O–H groups in total. The molecule has 0 aliphatic carbocycles. The Kier molecular flexibility index (Phi) is 6.35. The molecule has 5 rings (SSSR count). The van der Waals surface area contributed by atoms with E-state index >= 15 is 0 Å². The Bertz CT molecular complexity index is 1350. The van der Waals surface area contributed by atoms with Crippen LogP contribution in [0.15, 0.2) is 65.0 Å². The van der Waals surface area contributed by atoms with Crippen LogP contribution in [0.3, 0.4) is 0 Å². The largest absolute Gasteiger partial charge is 0.352 e. The fourth-order valence-electron chi connectivity index (χ4n) is 4.26. The molecule has 174 valence electrons. The molecule has 0 spiro atoms. The van der Waals surface area contributed by atoms with Crippen molar-refractivity contribution >= 4 is 33.4 Å². The predicted octanol–water partition coefficient (Wildman–Crippen LogP) is 3.57. The summed E-state index contributed by atoms with van der Waals surface area (Å²) in [6.45, 7) is 2.04. The summed E-state index contributed by atoms with van der Waals surface area (Å²) in [4.78, 5) is 36.8. The first-order valence-electron chi connectivity index (χ1n) is 11.2. The number of nitrogens with one attached hydrogen (secondary N) is 1. The van der Waals surface area contributed by atoms with Crippen LogP contribution in [0.5, 0.6) is 0 Å². The summed E-state index contributed by atoms with van der Waals surface area (Å²) in [5, 5.41) is 4.88. The highest BCUT2D eigenvalue weighted by atomic mass is 32.1. The summed E-state index contributed by atoms with van der Waals surface area (Å²) < 4.78 is 15.6. The highest BCUT2D eigenvalue weighted by Crippen LogP contribution is 2.25. The van der Waals surface area contributed by atoms with Crippen molar-refractivity contribution in [2.45, 2.75) is 25.9 Å². The Morgan fingerprint density at radius 3 is 2.53 bits per heavy atom. The zero-order valence-corrected chi connectivity index (χ0v) is 19.3. The van der Waals surface area contributed by atoms with E-state index in [1.165, 1.54) is 23.5 Å². The maximum atomic E-state index is 13.4. The van der Waals surface area contributed by atoms with Crippen LogP contribution in [0.4, 0.5) is 10.3 Å². The minimum absolute atomic E-state index is 0.0430. The zero-order valence-electron chi connectivity index (χ0n) is 18.5. The number of piperidine rings is 1. The quantitative estimate of drug-likeness (QED) is 0.459. The SMILES string of the molecule is O=C(NCc1ccncc1)C1CCN(c2nc3ccsc3c(=O)n2Cc2ccc(F)cc2)CC1. The topological polar surface area (TPSA) is 80.1 Å². The highest BCUT2D eigenvalue weighted by Gasteiger charge is 2.27. The number of amides is 1. The Morgan fingerprint density at radius 1 is 1.06 bits per heavy atom. The molecule has 0 atom stereocenters. The fourth-order valence-corrected chi connectivity index (χ4v) is 5.04. The first-order valence-corrected chi connectivity index (χ1v) is 12.1. The third-order valence-corrected chi connectivity index (χ3v) is 7.06. The van der Waals surface area contributed by atoms with E-state index in [0.29, 0.717) is 55.2 Å². The lowest BCUT2D eigenvalue weighted by molar-refractivity contribution is -0.125. The Hall–Kier alpha value is -3.59. The van der Waals surface area contributed by atoms with E-state index in [9.17, 15) is 14.0 Å². The minimum Gasteiger partial charge on any atom is -0.352 e. The maximum Gasteiger partial charge on any atom is 0.273 e. The molecule has 0 saturated carbocycles. The Morgan fingerprint density at radius 2 is 1.79 bits per heavy atom. The molecule has 9 heteroatoms. The summed E-state index contributed by atoms with van der Waals surface area (Å²) in [5.41, 5.74) is 2.42. The molecular formula is C25H24FN5O2S. The van der Waals surface area contributed by atoms with E-state index in [4.69, 9.17) is 4.98 Å². The van der Waals surface area contributed by atoms with Gasteiger partial charge in [-0.05, 0) is 59.7 Å². The van der Waals surface area contributed by atoms with Crippen LogP contribution in [0.1, 0.15) is 24.0 Å². The number of benzene rings is 1. The number of hydrogen-bond donors (Lipinski definition) is 1. The lowest BCUT2D eigenvalue weighted by Crippen LogP contribution is -2.42. The Labute approximate surface area is 199 Å². The van der Waals surface area contributed by atoms with Gasteiger partial charge in [-0.2, -0.15) is 0 Å². The van der Waals surface area contributed by atoms with Gasteiger partial charge in [-0.25, -0.2) is 9.37 Å². The number of thiophene rings is 1. The molecule has 1 amide bonds. The fraction of sp³-hybridized carbons (Fsp3) is 0.280. The van der Waals surface area contributed by atoms with Gasteiger partial charge in [0.05, 0.1) is 12.1 Å². The molecule has 4 aromatic rings. The van der Waals surface area contributed by atoms with E-state index in [0.717, 1.165) is 11.1 Å². The smallest absolute Gasteiger partial charge is 0.273 e. The van der Waals surface area contributed by atoms with Crippen molar-refractivity contribution in [2.24, 2.45) is 5.92 Å². The van der Waals surface area contributed by atoms with Gasteiger partial charge in [-0.15, -0.1) is 11.3 Å². The number of aromatic nitrogens is 3. The van der Waals surface area contributed by atoms with Crippen LogP contribution in [0, 0.1) is 11.7 Å². The number of rotatable bonds is 6. The summed E-state index contributed by atoms with van der Waals surface area (Å²) >= 11 is 1.37. The average Bonchev–Trinajstić information content (AvgIpc) is 3.35. The third kappa shape index (κ3) is 4.70. The number of pyridine rings is 1. The van der Waals surface area contributed by atoms with E-state index in [2.05, 4.69) is 15.2 Å². The van der Waals surface area contributed by atoms with Gasteiger partial charge >= 0.3 is 0 Å². The van der Waals surface area contributed by atoms with Crippen LogP contribution in [-0.4, -0.2) is 33.5 Å². The van der Waals surface area contributed by atoms with Crippen molar-refractivity contribution in [3.05, 3.63) is 87.5 Å². The van der Waals surface area contributed by atoms with Crippen LogP contribution in [0.25, 0.3) is 10.2 Å². The third-order valence-electron chi connectivity index (χ3n) is 6.16. The second-order valence-electron chi connectivity index (χ2n) is 8.40. The lowest BCUT2D eigenvalue weighted by Gasteiger charge is -2.33. The first-order chi connectivity index (χ1) is 16.6. The van der Waals surface area contributed by atoms with Crippen LogP contribution < -0.4 is 15.8 Å². The van der Waals surface area contributed by atoms with Gasteiger partial charge in [0, 0.05) is 37.9 Å². The van der Waals surface area contributed by atoms with Crippen LogP contribution >= 0.6 is 11.3 Å². The molecule has 4 heterocycles. The second kappa shape index (κ2) is 9.72. The van der Waals surface area contributed by atoms with Gasteiger partial charge in [0.1, 0.15) is 10.5 Å². The molecule has 1 aliphatic rings. The number of nitrogens with zero attached hydrogens (tertiary/aromatic N) is 4. The van der Waals surface area contributed by atoms with Gasteiger partial charge in [0.2, 0.25) is 11.9 Å². The van der Waals surface area contributed by atoms with E-state index in [-0.39, 0.29) is 23.2 Å². The lowest BCUT2D eigenvalue weighted by atomic mass is 9.96. The molecule has 7 nitrogen and oxygen atoms in total. The number of carbonyl (C=O) groups is 1. The van der Waals surface area contributed by atoms with Gasteiger partial charge in [-0.1, -0.05) is 12.1 Å². The van der Waals surface area contributed by atoms with Crippen molar-refractivity contribution in [1.82, 2.24) is 19.9 Å². The number of anilines is 1. The molecular weight excluding hydrogens is 453 g/mol. The Balaban J connectivity index is 1.32. The molecule has 1 aliphatic heterocycles. The predicted molar refractivity (Wildman–Crippen MR) is 130 cm³/mol. The van der Waals surface area contributed by atoms with Gasteiger partial charge in [0.15, 0.2) is 0 Å². The van der Waals surface area contributed by atoms with E-state index < -0.39 is 0 Å². The van der Waals surface area contributed by atoms with E-state index in [1.54, 1.807) is 29.1 Å². The van der Waals surface area contributed by atoms with Crippen molar-refractivity contribution in [3.8, 4) is 0 Å². The number of fused-ring (bicyclic) bond motifs is 1. The van der Waals surface area contributed by atoms with E-state index in [1.807, 2.05) is 23.6 Å². The summed E-state index contributed by atoms with van der Waals surface area (Å²) in [5.74, 6) is 0.241. The summed E-state index contributed by atoms with van der Waals surface area (Å²) in [7, 11) is 0. The molecule has 0 unspecified atom stereocenters. The normalized spacial score (nSPS) is 14.4. The molecule has 3 aromatic heterocycles. The molecule has 1 aromatic carbocycles. The summed E-state index contributed by atoms with van der Waals surface area (Å²) in [6, 6.07) is 11.8. The maximum absolute atomic E-state index is 13.4. The van der Waals surface area contributed by atoms with Gasteiger partial charge in [0.25, 0.3) is 5.56 Å². The molecule has 1 fully saturated rings. The van der Waals surface area contributed by atoms with Crippen LogP contribution in [0.2, 0.25) is 0 Å². The van der Waals surface area contributed by atoms with Gasteiger partial charge < -0.3 is 10.2 Å². The summed E-state index contributed by atoms with van der Waals surface area (Å²) in [6.07, 6.45) is 4.78. The standard InChI is InChI=1S/C25H24FN5O2S/c26-20-3-1-18(2-4-20)16-31-24(33)22-21(9-14-34-22)29-25(31)30-12-7-19(8-13-30)23(32)28-15-17-5-10-27-11-6-17/h1-6,9-11,14,19H,7-8,12-13,15-16H2,(H,28,32). The zero-order chi connectivity index (χ0) is 23.5. The minimum atomic E-state index is -0.313. The molecule has 1 saturated heterocycles. The van der Waals surface area contributed by atoms with Crippen molar-refractivity contribution in [3.63, 3.8) is 0 Å². The number of carbonyl (C=O) groups excluding carboxylic acids is 1. The molecule has 34 heavy (non-hydrogen) atoms. The van der Waals surface area contributed by atoms with Crippen LogP contribution in [-0.2, 0) is 17.9 Å². The monoisotopic (exact) mass is 477 g/mol. The van der Waals surface area contributed by atoms with Crippen molar-refractivity contribution in [2.75, 3.05) is 18.0 Å². The number of hydrogen-bond acceptors (Lipinski definition) is 6. The first kappa shape index (κ1) is 22.2. The van der Waals surface area contributed by atoms with Gasteiger partial charge in [-0.3, -0.25) is 19.1 Å². The molecule has 0 radical (unpaired) electrons. The number of halogens is 1. The van der Waals surface area contributed by atoms with Crippen molar-refractivity contribution < 1.29 is 9.18 Å². The second-order valence-corrected chi connectivity index (χ2v) is 9.32. The average molecular weight is 478 g/mol. The molecule has 0 bridgehead atoms. The van der Waals surface area contributed by atoms with Crippen molar-refractivity contribution in [1.29, 1.82) is 0 Å². The highest BCUT2D eigenvalue weighted by molar-refractivity contribution is 7.17.